The molecular weight excluding hydrogens is 238 g/mol. The smallest absolute Gasteiger partial charge is 0.311 e. The van der Waals surface area contributed by atoms with Gasteiger partial charge in [0.15, 0.2) is 5.69 Å². The van der Waals surface area contributed by atoms with Crippen LogP contribution in [0.15, 0.2) is 12.1 Å². The van der Waals surface area contributed by atoms with Crippen LogP contribution in [0.2, 0.25) is 0 Å². The summed E-state index contributed by atoms with van der Waals surface area (Å²) in [5.41, 5.74) is -1.72. The van der Waals surface area contributed by atoms with E-state index in [0.717, 1.165) is 19.2 Å². The molecule has 1 rings (SSSR count). The maximum atomic E-state index is 12.5. The summed E-state index contributed by atoms with van der Waals surface area (Å²) >= 11 is 0. The number of carbonyl (C=O) groups is 1. The highest BCUT2D eigenvalue weighted by Gasteiger charge is 2.24. The summed E-state index contributed by atoms with van der Waals surface area (Å²) in [5, 5.41) is 10.5. The Morgan fingerprint density at radius 1 is 1.59 bits per heavy atom. The normalized spacial score (nSPS) is 10.4. The fourth-order valence-corrected chi connectivity index (χ4v) is 1.14. The first kappa shape index (κ1) is 12.9. The van der Waals surface area contributed by atoms with Gasteiger partial charge in [-0.05, 0) is 6.07 Å². The average molecular weight is 246 g/mol. The van der Waals surface area contributed by atoms with Crippen LogP contribution in [0.5, 0.6) is 0 Å². The quantitative estimate of drug-likeness (QED) is 0.458. The van der Waals surface area contributed by atoms with E-state index in [4.69, 9.17) is 0 Å². The van der Waals surface area contributed by atoms with Crippen molar-refractivity contribution < 1.29 is 23.2 Å². The van der Waals surface area contributed by atoms with Crippen molar-refractivity contribution in [3.8, 4) is 0 Å². The number of halogens is 2. The molecule has 0 saturated carbocycles. The predicted octanol–water partition coefficient (Wildman–Crippen LogP) is 1.64. The van der Waals surface area contributed by atoms with Crippen LogP contribution < -0.4 is 0 Å². The van der Waals surface area contributed by atoms with Gasteiger partial charge in [-0.2, -0.15) is 0 Å². The van der Waals surface area contributed by atoms with Crippen LogP contribution in [0.25, 0.3) is 0 Å². The zero-order chi connectivity index (χ0) is 13.0. The minimum atomic E-state index is -3.08. The fourth-order valence-electron chi connectivity index (χ4n) is 1.14. The van der Waals surface area contributed by atoms with Gasteiger partial charge < -0.3 is 4.74 Å². The largest absolute Gasteiger partial charge is 0.469 e. The summed E-state index contributed by atoms with van der Waals surface area (Å²) in [7, 11) is 1.14. The highest BCUT2D eigenvalue weighted by molar-refractivity contribution is 5.71. The van der Waals surface area contributed by atoms with Crippen LogP contribution in [-0.4, -0.2) is 23.0 Å². The standard InChI is InChI=1S/C9H8F2N2O4/c1-17-7(14)4-5-2-3-6(13(15)16)8(12-5)9(10)11/h2-3,9H,4H2,1H3. The van der Waals surface area contributed by atoms with Gasteiger partial charge in [0.05, 0.1) is 24.1 Å². The Labute approximate surface area is 94.4 Å². The number of ether oxygens (including phenoxy) is 1. The molecular formula is C9H8F2N2O4. The topological polar surface area (TPSA) is 82.3 Å². The number of carbonyl (C=O) groups excluding carboxylic acids is 1. The fraction of sp³-hybridized carbons (Fsp3) is 0.333. The lowest BCUT2D eigenvalue weighted by atomic mass is 10.2. The molecule has 0 atom stereocenters. The number of alkyl halides is 2. The lowest BCUT2D eigenvalue weighted by Gasteiger charge is -2.04. The number of pyridine rings is 1. The number of nitro groups is 1. The van der Waals surface area contributed by atoms with E-state index in [9.17, 15) is 23.7 Å². The van der Waals surface area contributed by atoms with Crippen LogP contribution in [0.3, 0.4) is 0 Å². The lowest BCUT2D eigenvalue weighted by Crippen LogP contribution is -2.08. The molecule has 8 heteroatoms. The van der Waals surface area contributed by atoms with Crippen molar-refractivity contribution in [3.05, 3.63) is 33.6 Å². The summed E-state index contributed by atoms with van der Waals surface area (Å²) in [6.45, 7) is 0. The predicted molar refractivity (Wildman–Crippen MR) is 51.6 cm³/mol. The number of hydrogen-bond acceptors (Lipinski definition) is 5. The third-order valence-electron chi connectivity index (χ3n) is 1.92. The van der Waals surface area contributed by atoms with E-state index in [1.165, 1.54) is 0 Å². The van der Waals surface area contributed by atoms with Gasteiger partial charge in [-0.15, -0.1) is 0 Å². The first-order chi connectivity index (χ1) is 7.95. The maximum absolute atomic E-state index is 12.5. The van der Waals surface area contributed by atoms with Gasteiger partial charge in [0.1, 0.15) is 0 Å². The summed E-state index contributed by atoms with van der Waals surface area (Å²) < 4.78 is 29.3. The molecule has 92 valence electrons. The molecule has 0 radical (unpaired) electrons. The molecule has 1 aromatic heterocycles. The molecule has 0 aromatic carbocycles. The molecule has 1 heterocycles. The molecule has 0 bridgehead atoms. The van der Waals surface area contributed by atoms with Gasteiger partial charge in [0, 0.05) is 6.07 Å². The van der Waals surface area contributed by atoms with Gasteiger partial charge in [-0.25, -0.2) is 13.8 Å². The maximum Gasteiger partial charge on any atom is 0.311 e. The SMILES string of the molecule is COC(=O)Cc1ccc([N+](=O)[O-])c(C(F)F)n1. The Bertz CT molecular complexity index is 451. The van der Waals surface area contributed by atoms with E-state index in [1.54, 1.807) is 0 Å². The van der Waals surface area contributed by atoms with Crippen LogP contribution in [0.1, 0.15) is 17.8 Å². The van der Waals surface area contributed by atoms with Crippen LogP contribution in [0, 0.1) is 10.1 Å². The van der Waals surface area contributed by atoms with Crippen LogP contribution in [-0.2, 0) is 16.0 Å². The molecule has 0 amide bonds. The van der Waals surface area contributed by atoms with Crippen molar-refractivity contribution >= 4 is 11.7 Å². The molecule has 0 unspecified atom stereocenters. The Morgan fingerprint density at radius 2 is 2.24 bits per heavy atom. The van der Waals surface area contributed by atoms with E-state index >= 15 is 0 Å². The van der Waals surface area contributed by atoms with E-state index in [2.05, 4.69) is 9.72 Å². The lowest BCUT2D eigenvalue weighted by molar-refractivity contribution is -0.386. The van der Waals surface area contributed by atoms with Gasteiger partial charge in [0.25, 0.3) is 12.1 Å². The zero-order valence-electron chi connectivity index (χ0n) is 8.72. The van der Waals surface area contributed by atoms with Crippen molar-refractivity contribution in [2.24, 2.45) is 0 Å². The Kier molecular flexibility index (Phi) is 4.02. The second-order valence-corrected chi connectivity index (χ2v) is 3.02. The number of esters is 1. The number of nitrogens with zero attached hydrogens (tertiary/aromatic N) is 2. The minimum Gasteiger partial charge on any atom is -0.469 e. The van der Waals surface area contributed by atoms with E-state index in [-0.39, 0.29) is 12.1 Å². The molecule has 0 saturated heterocycles. The van der Waals surface area contributed by atoms with E-state index in [0.29, 0.717) is 0 Å². The number of hydrogen-bond donors (Lipinski definition) is 0. The number of rotatable bonds is 4. The molecule has 1 aromatic rings. The molecule has 0 aliphatic carbocycles. The van der Waals surface area contributed by atoms with Crippen molar-refractivity contribution in [2.45, 2.75) is 12.8 Å². The second-order valence-electron chi connectivity index (χ2n) is 3.02. The molecule has 0 aliphatic heterocycles. The highest BCUT2D eigenvalue weighted by atomic mass is 19.3. The Balaban J connectivity index is 3.10. The third-order valence-corrected chi connectivity index (χ3v) is 1.92. The Hall–Kier alpha value is -2.12. The molecule has 0 fully saturated rings. The van der Waals surface area contributed by atoms with Gasteiger partial charge >= 0.3 is 5.97 Å². The first-order valence-corrected chi connectivity index (χ1v) is 4.45. The van der Waals surface area contributed by atoms with Gasteiger partial charge in [-0.3, -0.25) is 14.9 Å². The number of aromatic nitrogens is 1. The average Bonchev–Trinajstić information content (AvgIpc) is 2.28. The molecule has 0 N–H and O–H groups in total. The van der Waals surface area contributed by atoms with E-state index < -0.39 is 28.7 Å². The van der Waals surface area contributed by atoms with Gasteiger partial charge in [0.2, 0.25) is 0 Å². The van der Waals surface area contributed by atoms with Crippen molar-refractivity contribution in [3.63, 3.8) is 0 Å². The molecule has 17 heavy (non-hydrogen) atoms. The summed E-state index contributed by atoms with van der Waals surface area (Å²) in [6, 6.07) is 2.04. The Morgan fingerprint density at radius 3 is 2.71 bits per heavy atom. The second kappa shape index (κ2) is 5.28. The summed E-state index contributed by atoms with van der Waals surface area (Å²) in [5.74, 6) is -0.661. The van der Waals surface area contributed by atoms with Crippen molar-refractivity contribution in [2.75, 3.05) is 7.11 Å². The number of methoxy groups -OCH3 is 1. The highest BCUT2D eigenvalue weighted by Crippen LogP contribution is 2.27. The monoisotopic (exact) mass is 246 g/mol. The van der Waals surface area contributed by atoms with Crippen molar-refractivity contribution in [1.82, 2.24) is 4.98 Å². The first-order valence-electron chi connectivity index (χ1n) is 4.45. The minimum absolute atomic E-state index is 0.00208. The van der Waals surface area contributed by atoms with Crippen LogP contribution in [0.4, 0.5) is 14.5 Å². The summed E-state index contributed by atoms with van der Waals surface area (Å²) in [4.78, 5) is 23.8. The van der Waals surface area contributed by atoms with Gasteiger partial charge in [-0.1, -0.05) is 0 Å². The third kappa shape index (κ3) is 3.16. The summed E-state index contributed by atoms with van der Waals surface area (Å²) in [6.07, 6.45) is -3.39. The van der Waals surface area contributed by atoms with Crippen LogP contribution >= 0.6 is 0 Å². The molecule has 0 aliphatic rings. The molecule has 6 nitrogen and oxygen atoms in total. The van der Waals surface area contributed by atoms with Crippen molar-refractivity contribution in [1.29, 1.82) is 0 Å². The zero-order valence-corrected chi connectivity index (χ0v) is 8.72. The van der Waals surface area contributed by atoms with E-state index in [1.807, 2.05) is 0 Å². The molecule has 0 spiro atoms.